The quantitative estimate of drug-likeness (QED) is 0.459. The van der Waals surface area contributed by atoms with Crippen LogP contribution in [0.15, 0.2) is 53.4 Å². The van der Waals surface area contributed by atoms with Gasteiger partial charge in [0, 0.05) is 25.1 Å². The fraction of sp³-hybridized carbons (Fsp3) is 0.304. The third kappa shape index (κ3) is 5.91. The highest BCUT2D eigenvalue weighted by atomic mass is 32.2. The molecule has 0 saturated carbocycles. The van der Waals surface area contributed by atoms with Gasteiger partial charge in [-0.15, -0.1) is 13.2 Å². The Hall–Kier alpha value is -3.52. The largest absolute Gasteiger partial charge is 0.573 e. The number of primary sulfonamides is 1. The lowest BCUT2D eigenvalue weighted by Crippen LogP contribution is -2.39. The number of fused-ring (bicyclic) bond motifs is 1. The van der Waals surface area contributed by atoms with E-state index in [0.717, 1.165) is 35.2 Å². The van der Waals surface area contributed by atoms with E-state index >= 15 is 4.39 Å². The molecule has 2 heterocycles. The van der Waals surface area contributed by atoms with Crippen LogP contribution in [0.2, 0.25) is 0 Å². The van der Waals surface area contributed by atoms with Crippen molar-refractivity contribution in [3.8, 4) is 5.75 Å². The number of nitrogens with zero attached hydrogens (tertiary/aromatic N) is 2. The lowest BCUT2D eigenvalue weighted by atomic mass is 9.97. The number of hydrogen-bond donors (Lipinski definition) is 1. The van der Waals surface area contributed by atoms with Gasteiger partial charge in [0.25, 0.3) is 5.91 Å². The zero-order valence-electron chi connectivity index (χ0n) is 18.9. The molecular weight excluding hydrogens is 525 g/mol. The van der Waals surface area contributed by atoms with Crippen molar-refractivity contribution in [2.75, 3.05) is 26.2 Å². The van der Waals surface area contributed by atoms with Gasteiger partial charge in [-0.25, -0.2) is 22.3 Å². The highest BCUT2D eigenvalue weighted by molar-refractivity contribution is 7.89. The minimum absolute atomic E-state index is 0.00531. The lowest BCUT2D eigenvalue weighted by Gasteiger charge is -2.23. The number of sulfonamides is 1. The normalized spacial score (nSPS) is 21.9. The maximum atomic E-state index is 15.6. The molecule has 2 aliphatic rings. The van der Waals surface area contributed by atoms with Gasteiger partial charge in [0.2, 0.25) is 15.9 Å². The zero-order valence-corrected chi connectivity index (χ0v) is 19.7. The Balaban J connectivity index is 1.37. The van der Waals surface area contributed by atoms with Crippen molar-refractivity contribution in [1.82, 2.24) is 9.80 Å². The van der Waals surface area contributed by atoms with E-state index in [4.69, 9.17) is 5.14 Å². The summed E-state index contributed by atoms with van der Waals surface area (Å²) in [7, 11) is -4.17. The summed E-state index contributed by atoms with van der Waals surface area (Å²) in [6.07, 6.45) is -2.30. The number of amides is 2. The van der Waals surface area contributed by atoms with Crippen LogP contribution in [0.25, 0.3) is 6.08 Å². The molecule has 0 aliphatic carbocycles. The smallest absolute Gasteiger partial charge is 0.406 e. The fourth-order valence-corrected chi connectivity index (χ4v) is 4.91. The zero-order chi connectivity index (χ0) is 27.2. The molecule has 0 spiro atoms. The molecule has 0 aromatic heterocycles. The van der Waals surface area contributed by atoms with Gasteiger partial charge in [-0.3, -0.25) is 9.59 Å². The first-order chi connectivity index (χ1) is 17.1. The Morgan fingerprint density at radius 1 is 1.05 bits per heavy atom. The summed E-state index contributed by atoms with van der Waals surface area (Å²) in [6, 6.07) is 7.39. The Kier molecular flexibility index (Phi) is 6.75. The van der Waals surface area contributed by atoms with Crippen LogP contribution in [-0.2, 0) is 14.8 Å². The maximum Gasteiger partial charge on any atom is 0.573 e. The number of benzene rings is 2. The van der Waals surface area contributed by atoms with Crippen LogP contribution in [0.3, 0.4) is 0 Å². The SMILES string of the molecule is NS(=O)(=O)c1ccc(C(=O)N2CC3CN(C(=O)C=Cc4ccc(OC(F)(F)F)cc4)CC3(F)C2)c(F)c1. The van der Waals surface area contributed by atoms with Gasteiger partial charge < -0.3 is 14.5 Å². The van der Waals surface area contributed by atoms with E-state index in [1.165, 1.54) is 23.1 Å². The van der Waals surface area contributed by atoms with Crippen molar-refractivity contribution in [2.24, 2.45) is 11.1 Å². The van der Waals surface area contributed by atoms with Gasteiger partial charge in [-0.2, -0.15) is 0 Å². The molecule has 2 aromatic rings. The second kappa shape index (κ2) is 9.41. The van der Waals surface area contributed by atoms with Gasteiger partial charge in [0.05, 0.1) is 23.5 Å². The molecule has 37 heavy (non-hydrogen) atoms. The molecule has 2 N–H and O–H groups in total. The van der Waals surface area contributed by atoms with Gasteiger partial charge in [0.1, 0.15) is 11.6 Å². The van der Waals surface area contributed by atoms with Crippen LogP contribution >= 0.6 is 0 Å². The molecule has 4 rings (SSSR count). The second-order valence-electron chi connectivity index (χ2n) is 8.77. The van der Waals surface area contributed by atoms with Crippen LogP contribution in [0.4, 0.5) is 22.0 Å². The van der Waals surface area contributed by atoms with Crippen molar-refractivity contribution in [1.29, 1.82) is 0 Å². The van der Waals surface area contributed by atoms with E-state index in [-0.39, 0.29) is 26.2 Å². The van der Waals surface area contributed by atoms with Crippen LogP contribution in [0.1, 0.15) is 15.9 Å². The van der Waals surface area contributed by atoms with Crippen molar-refractivity contribution in [3.63, 3.8) is 0 Å². The summed E-state index contributed by atoms with van der Waals surface area (Å²) in [5, 5.41) is 4.95. The molecule has 2 amide bonds. The van der Waals surface area contributed by atoms with Gasteiger partial charge in [0.15, 0.2) is 5.67 Å². The molecule has 2 aliphatic heterocycles. The molecule has 2 aromatic carbocycles. The minimum atomic E-state index is -4.82. The van der Waals surface area contributed by atoms with E-state index in [0.29, 0.717) is 11.6 Å². The molecule has 2 fully saturated rings. The van der Waals surface area contributed by atoms with E-state index in [1.54, 1.807) is 0 Å². The predicted molar refractivity (Wildman–Crippen MR) is 120 cm³/mol. The fourth-order valence-electron chi connectivity index (χ4n) is 4.38. The third-order valence-corrected chi connectivity index (χ3v) is 7.06. The molecule has 2 saturated heterocycles. The number of carbonyl (C=O) groups is 2. The molecule has 14 heteroatoms. The van der Waals surface area contributed by atoms with E-state index < -0.39 is 61.8 Å². The maximum absolute atomic E-state index is 15.6. The molecular formula is C23H20F5N3O5S. The first-order valence-corrected chi connectivity index (χ1v) is 12.3. The lowest BCUT2D eigenvalue weighted by molar-refractivity contribution is -0.274. The number of likely N-dealkylation sites (tertiary alicyclic amines) is 2. The van der Waals surface area contributed by atoms with E-state index in [2.05, 4.69) is 4.74 Å². The first-order valence-electron chi connectivity index (χ1n) is 10.8. The molecule has 0 bridgehead atoms. The van der Waals surface area contributed by atoms with Gasteiger partial charge >= 0.3 is 6.36 Å². The third-order valence-electron chi connectivity index (χ3n) is 6.15. The summed E-state index contributed by atoms with van der Waals surface area (Å²) < 4.78 is 93.2. The molecule has 2 atom stereocenters. The van der Waals surface area contributed by atoms with Crippen molar-refractivity contribution in [2.45, 2.75) is 16.9 Å². The number of rotatable bonds is 5. The second-order valence-corrected chi connectivity index (χ2v) is 10.3. The number of ether oxygens (including phenoxy) is 1. The van der Waals surface area contributed by atoms with Crippen LogP contribution in [0.5, 0.6) is 5.75 Å². The van der Waals surface area contributed by atoms with E-state index in [1.807, 2.05) is 0 Å². The Labute approximate surface area is 208 Å². The summed E-state index contributed by atoms with van der Waals surface area (Å²) in [5.74, 6) is -3.59. The highest BCUT2D eigenvalue weighted by Gasteiger charge is 2.55. The number of nitrogens with two attached hydrogens (primary N) is 1. The summed E-state index contributed by atoms with van der Waals surface area (Å²) in [4.78, 5) is 27.2. The van der Waals surface area contributed by atoms with Crippen LogP contribution in [0, 0.1) is 11.7 Å². The highest BCUT2D eigenvalue weighted by Crippen LogP contribution is 2.39. The monoisotopic (exact) mass is 545 g/mol. The van der Waals surface area contributed by atoms with Crippen molar-refractivity contribution < 1.29 is 44.7 Å². The number of carbonyl (C=O) groups excluding carboxylic acids is 2. The minimum Gasteiger partial charge on any atom is -0.406 e. The van der Waals surface area contributed by atoms with Gasteiger partial charge in [-0.1, -0.05) is 12.1 Å². The number of alkyl halides is 4. The molecule has 8 nitrogen and oxygen atoms in total. The number of hydrogen-bond acceptors (Lipinski definition) is 5. The van der Waals surface area contributed by atoms with Crippen molar-refractivity contribution in [3.05, 3.63) is 65.5 Å². The Morgan fingerprint density at radius 2 is 1.68 bits per heavy atom. The average Bonchev–Trinajstić information content (AvgIpc) is 3.28. The predicted octanol–water partition coefficient (Wildman–Crippen LogP) is 2.71. The molecule has 0 radical (unpaired) electrons. The Bertz CT molecular complexity index is 1360. The van der Waals surface area contributed by atoms with Crippen LogP contribution < -0.4 is 9.88 Å². The summed E-state index contributed by atoms with van der Waals surface area (Å²) in [6.45, 7) is -0.786. The van der Waals surface area contributed by atoms with E-state index in [9.17, 15) is 35.6 Å². The van der Waals surface area contributed by atoms with Gasteiger partial charge in [-0.05, 0) is 42.0 Å². The summed E-state index contributed by atoms with van der Waals surface area (Å²) >= 11 is 0. The Morgan fingerprint density at radius 3 is 2.24 bits per heavy atom. The average molecular weight is 545 g/mol. The number of halogens is 5. The van der Waals surface area contributed by atoms with Crippen molar-refractivity contribution >= 4 is 27.9 Å². The standard InChI is InChI=1S/C23H20F5N3O5S/c24-19-9-17(37(29,34)35)6-7-18(19)21(33)31-11-15-10-30(12-22(15,25)13-31)20(32)8-3-14-1-4-16(5-2-14)36-23(26,27)28/h1-9,15H,10-13H2,(H2,29,34,35). The topological polar surface area (TPSA) is 110 Å². The first kappa shape index (κ1) is 26.5. The molecule has 2 unspecified atom stereocenters. The summed E-state index contributed by atoms with van der Waals surface area (Å²) in [5.41, 5.74) is -1.93. The van der Waals surface area contributed by atoms with Crippen LogP contribution in [-0.4, -0.2) is 68.2 Å². The molecule has 198 valence electrons.